The van der Waals surface area contributed by atoms with E-state index in [4.69, 9.17) is 9.47 Å². The van der Waals surface area contributed by atoms with Crippen LogP contribution in [0, 0.1) is 6.92 Å². The van der Waals surface area contributed by atoms with E-state index in [1.165, 1.54) is 0 Å². The smallest absolute Gasteiger partial charge is 0.324 e. The molecule has 1 N–H and O–H groups in total. The van der Waals surface area contributed by atoms with E-state index in [-0.39, 0.29) is 6.01 Å². The minimum absolute atomic E-state index is 0.289. The number of fused-ring (bicyclic) bond motifs is 1. The lowest BCUT2D eigenvalue weighted by atomic mass is 10.2. The fraction of sp³-hybridized carbons (Fsp3) is 0.0870. The van der Waals surface area contributed by atoms with Crippen LogP contribution in [0.4, 0.5) is 11.5 Å². The van der Waals surface area contributed by atoms with Crippen molar-refractivity contribution in [3.8, 4) is 23.2 Å². The second-order valence-electron chi connectivity index (χ2n) is 6.84. The van der Waals surface area contributed by atoms with Crippen molar-refractivity contribution in [2.75, 3.05) is 12.4 Å². The summed E-state index contributed by atoms with van der Waals surface area (Å²) in [6.45, 7) is 1.95. The molecule has 5 aromatic rings. The Labute approximate surface area is 183 Å². The minimum atomic E-state index is 0.289. The summed E-state index contributed by atoms with van der Waals surface area (Å²) in [4.78, 5) is 13.4. The number of rotatable bonds is 6. The third kappa shape index (κ3) is 3.93. The molecule has 0 saturated carbocycles. The lowest BCUT2D eigenvalue weighted by Crippen LogP contribution is -2.00. The first-order chi connectivity index (χ1) is 15.2. The van der Waals surface area contributed by atoms with Gasteiger partial charge in [-0.2, -0.15) is 9.97 Å². The van der Waals surface area contributed by atoms with E-state index in [1.807, 2.05) is 77.7 Å². The molecule has 0 saturated heterocycles. The molecule has 2 aromatic carbocycles. The Hall–Kier alpha value is -3.91. The topological polar surface area (TPSA) is 74.1 Å². The number of anilines is 2. The summed E-state index contributed by atoms with van der Waals surface area (Å²) in [6, 6.07) is 17.6. The zero-order valence-electron chi connectivity index (χ0n) is 16.9. The fourth-order valence-corrected chi connectivity index (χ4v) is 4.00. The SMILES string of the molecule is COc1cc(Nc2nc(Oc3ccccc3)nc3ccsc23)ccc1-n1cnc(C)c1. The van der Waals surface area contributed by atoms with Gasteiger partial charge in [-0.3, -0.25) is 0 Å². The number of nitrogens with one attached hydrogen (secondary N) is 1. The number of aromatic nitrogens is 4. The van der Waals surface area contributed by atoms with E-state index in [0.717, 1.165) is 33.0 Å². The Morgan fingerprint density at radius 1 is 1.03 bits per heavy atom. The van der Waals surface area contributed by atoms with Gasteiger partial charge in [-0.1, -0.05) is 18.2 Å². The highest BCUT2D eigenvalue weighted by Crippen LogP contribution is 2.33. The first kappa shape index (κ1) is 19.1. The standard InChI is InChI=1S/C23H19N5O2S/c1-15-13-28(14-24-15)19-9-8-16(12-20(19)29-2)25-22-21-18(10-11-31-21)26-23(27-22)30-17-6-4-3-5-7-17/h3-14H,1-2H3,(H,25,26,27). The molecule has 7 nitrogen and oxygen atoms in total. The molecular weight excluding hydrogens is 410 g/mol. The van der Waals surface area contributed by atoms with Gasteiger partial charge in [0.15, 0.2) is 5.82 Å². The number of thiophene rings is 1. The Kier molecular flexibility index (Phi) is 4.97. The summed E-state index contributed by atoms with van der Waals surface area (Å²) in [6.07, 6.45) is 3.73. The van der Waals surface area contributed by atoms with Gasteiger partial charge in [0.1, 0.15) is 11.5 Å². The molecule has 3 heterocycles. The van der Waals surface area contributed by atoms with Gasteiger partial charge in [0.2, 0.25) is 0 Å². The van der Waals surface area contributed by atoms with Crippen molar-refractivity contribution in [2.24, 2.45) is 0 Å². The molecule has 0 radical (unpaired) electrons. The maximum atomic E-state index is 5.87. The molecule has 5 rings (SSSR count). The largest absolute Gasteiger partial charge is 0.494 e. The number of imidazole rings is 1. The van der Waals surface area contributed by atoms with Crippen LogP contribution >= 0.6 is 11.3 Å². The molecule has 0 atom stereocenters. The summed E-state index contributed by atoms with van der Waals surface area (Å²) in [5, 5.41) is 5.38. The summed E-state index contributed by atoms with van der Waals surface area (Å²) >= 11 is 1.57. The van der Waals surface area contributed by atoms with Gasteiger partial charge in [-0.15, -0.1) is 11.3 Å². The third-order valence-corrected chi connectivity index (χ3v) is 5.58. The van der Waals surface area contributed by atoms with E-state index in [1.54, 1.807) is 24.8 Å². The van der Waals surface area contributed by atoms with Gasteiger partial charge in [-0.25, -0.2) is 4.98 Å². The van der Waals surface area contributed by atoms with E-state index in [2.05, 4.69) is 20.3 Å². The summed E-state index contributed by atoms with van der Waals surface area (Å²) in [7, 11) is 1.65. The van der Waals surface area contributed by atoms with Crippen molar-refractivity contribution in [3.63, 3.8) is 0 Å². The third-order valence-electron chi connectivity index (χ3n) is 4.67. The predicted molar refractivity (Wildman–Crippen MR) is 122 cm³/mol. The molecule has 0 fully saturated rings. The van der Waals surface area contributed by atoms with Gasteiger partial charge in [0, 0.05) is 18.0 Å². The molecular formula is C23H19N5O2S. The van der Waals surface area contributed by atoms with Crippen LogP contribution in [0.2, 0.25) is 0 Å². The quantitative estimate of drug-likeness (QED) is 0.372. The van der Waals surface area contributed by atoms with Gasteiger partial charge >= 0.3 is 6.01 Å². The predicted octanol–water partition coefficient (Wildman–Crippen LogP) is 5.73. The Bertz CT molecular complexity index is 1350. The molecule has 8 heteroatoms. The van der Waals surface area contributed by atoms with Crippen molar-refractivity contribution in [1.82, 2.24) is 19.5 Å². The van der Waals surface area contributed by atoms with Crippen LogP contribution in [0.5, 0.6) is 17.5 Å². The second kappa shape index (κ2) is 8.08. The zero-order valence-corrected chi connectivity index (χ0v) is 17.8. The van der Waals surface area contributed by atoms with Crippen LogP contribution in [-0.2, 0) is 0 Å². The first-order valence-corrected chi connectivity index (χ1v) is 10.5. The van der Waals surface area contributed by atoms with Gasteiger partial charge < -0.3 is 19.4 Å². The number of aryl methyl sites for hydroxylation is 1. The Morgan fingerprint density at radius 2 is 1.90 bits per heavy atom. The van der Waals surface area contributed by atoms with Crippen molar-refractivity contribution < 1.29 is 9.47 Å². The van der Waals surface area contributed by atoms with Crippen molar-refractivity contribution in [1.29, 1.82) is 0 Å². The van der Waals surface area contributed by atoms with Crippen molar-refractivity contribution in [3.05, 3.63) is 78.2 Å². The molecule has 0 aliphatic rings. The van der Waals surface area contributed by atoms with E-state index >= 15 is 0 Å². The number of para-hydroxylation sites is 1. The number of benzene rings is 2. The van der Waals surface area contributed by atoms with Crippen LogP contribution in [-0.4, -0.2) is 26.6 Å². The fourth-order valence-electron chi connectivity index (χ4n) is 3.22. The number of hydrogen-bond donors (Lipinski definition) is 1. The van der Waals surface area contributed by atoms with Gasteiger partial charge in [0.05, 0.1) is 35.0 Å². The highest BCUT2D eigenvalue weighted by molar-refractivity contribution is 7.17. The van der Waals surface area contributed by atoms with Crippen LogP contribution < -0.4 is 14.8 Å². The first-order valence-electron chi connectivity index (χ1n) is 9.64. The molecule has 0 aliphatic heterocycles. The highest BCUT2D eigenvalue weighted by atomic mass is 32.1. The van der Waals surface area contributed by atoms with Gasteiger partial charge in [0.25, 0.3) is 0 Å². The normalized spacial score (nSPS) is 10.9. The molecule has 0 amide bonds. The lowest BCUT2D eigenvalue weighted by molar-refractivity contribution is 0.413. The number of methoxy groups -OCH3 is 1. The second-order valence-corrected chi connectivity index (χ2v) is 7.75. The monoisotopic (exact) mass is 429 g/mol. The molecule has 0 spiro atoms. The Morgan fingerprint density at radius 3 is 2.68 bits per heavy atom. The molecule has 3 aromatic heterocycles. The maximum absolute atomic E-state index is 5.87. The van der Waals surface area contributed by atoms with Crippen LogP contribution in [0.15, 0.2) is 72.5 Å². The highest BCUT2D eigenvalue weighted by Gasteiger charge is 2.13. The number of hydrogen-bond acceptors (Lipinski definition) is 7. The summed E-state index contributed by atoms with van der Waals surface area (Å²) in [5.74, 6) is 2.09. The van der Waals surface area contributed by atoms with E-state index < -0.39 is 0 Å². The van der Waals surface area contributed by atoms with E-state index in [0.29, 0.717) is 11.6 Å². The van der Waals surface area contributed by atoms with Crippen molar-refractivity contribution >= 4 is 33.1 Å². The molecule has 0 unspecified atom stereocenters. The average Bonchev–Trinajstić information content (AvgIpc) is 3.43. The number of nitrogens with zero attached hydrogens (tertiary/aromatic N) is 4. The zero-order chi connectivity index (χ0) is 21.2. The molecule has 0 bridgehead atoms. The number of ether oxygens (including phenoxy) is 2. The maximum Gasteiger partial charge on any atom is 0.324 e. The minimum Gasteiger partial charge on any atom is -0.494 e. The molecule has 31 heavy (non-hydrogen) atoms. The van der Waals surface area contributed by atoms with Gasteiger partial charge in [-0.05, 0) is 42.6 Å². The summed E-state index contributed by atoms with van der Waals surface area (Å²) in [5.41, 5.74) is 3.52. The van der Waals surface area contributed by atoms with E-state index in [9.17, 15) is 0 Å². The van der Waals surface area contributed by atoms with Crippen molar-refractivity contribution in [2.45, 2.75) is 6.92 Å². The molecule has 0 aliphatic carbocycles. The average molecular weight is 430 g/mol. The van der Waals surface area contributed by atoms with Crippen LogP contribution in [0.1, 0.15) is 5.69 Å². The Balaban J connectivity index is 1.49. The lowest BCUT2D eigenvalue weighted by Gasteiger charge is -2.13. The molecule has 154 valence electrons. The van der Waals surface area contributed by atoms with Crippen LogP contribution in [0.25, 0.3) is 15.9 Å². The summed E-state index contributed by atoms with van der Waals surface area (Å²) < 4.78 is 14.4. The van der Waals surface area contributed by atoms with Crippen LogP contribution in [0.3, 0.4) is 0 Å².